The lowest BCUT2D eigenvalue weighted by atomic mass is 10.1. The fourth-order valence-corrected chi connectivity index (χ4v) is 5.63. The lowest BCUT2D eigenvalue weighted by Gasteiger charge is -2.38. The summed E-state index contributed by atoms with van der Waals surface area (Å²) in [7, 11) is 1.70. The first-order chi connectivity index (χ1) is 16.6. The maximum atomic E-state index is 13.5. The van der Waals surface area contributed by atoms with Crippen molar-refractivity contribution < 1.29 is 9.53 Å². The van der Waals surface area contributed by atoms with Gasteiger partial charge in [-0.2, -0.15) is 4.37 Å². The van der Waals surface area contributed by atoms with Crippen molar-refractivity contribution in [1.82, 2.24) is 14.3 Å². The van der Waals surface area contributed by atoms with Crippen molar-refractivity contribution >= 4 is 39.9 Å². The third-order valence-electron chi connectivity index (χ3n) is 6.53. The van der Waals surface area contributed by atoms with Crippen LogP contribution in [-0.4, -0.2) is 66.0 Å². The van der Waals surface area contributed by atoms with Crippen LogP contribution in [0.4, 0.5) is 10.8 Å². The van der Waals surface area contributed by atoms with Crippen molar-refractivity contribution in [3.8, 4) is 5.75 Å². The van der Waals surface area contributed by atoms with Gasteiger partial charge in [0.25, 0.3) is 0 Å². The molecule has 2 saturated heterocycles. The van der Waals surface area contributed by atoms with Crippen LogP contribution in [0, 0.1) is 0 Å². The molecule has 7 nitrogen and oxygen atoms in total. The minimum atomic E-state index is -0.158. The third kappa shape index (κ3) is 4.83. The Hall–Kier alpha value is -2.84. The number of hydrogen-bond donors (Lipinski definition) is 0. The first-order valence-corrected chi connectivity index (χ1v) is 12.8. The first-order valence-electron chi connectivity index (χ1n) is 11.6. The standard InChI is InChI=1S/C25H28ClN5O2S/c1-33-22-7-3-2-5-20(22)29-13-15-30(16-14-29)24(32)21-6-4-12-31(21)25-27-23(28-34-25)17-18-8-10-19(26)11-9-18/h2-3,5,7-11,21H,4,6,12-17H2,1H3. The van der Waals surface area contributed by atoms with E-state index in [1.807, 2.05) is 47.4 Å². The number of aromatic nitrogens is 2. The van der Waals surface area contributed by atoms with E-state index in [9.17, 15) is 4.79 Å². The molecule has 0 saturated carbocycles. The summed E-state index contributed by atoms with van der Waals surface area (Å²) in [6.45, 7) is 3.84. The van der Waals surface area contributed by atoms with Gasteiger partial charge in [-0.15, -0.1) is 0 Å². The second kappa shape index (κ2) is 10.2. The molecule has 1 aromatic heterocycles. The van der Waals surface area contributed by atoms with Crippen LogP contribution in [0.1, 0.15) is 24.2 Å². The molecule has 34 heavy (non-hydrogen) atoms. The highest BCUT2D eigenvalue weighted by molar-refractivity contribution is 7.09. The first kappa shape index (κ1) is 22.9. The van der Waals surface area contributed by atoms with Crippen LogP contribution in [-0.2, 0) is 11.2 Å². The zero-order valence-corrected chi connectivity index (χ0v) is 20.8. The molecule has 2 aliphatic heterocycles. The molecule has 0 N–H and O–H groups in total. The smallest absolute Gasteiger partial charge is 0.245 e. The molecule has 0 bridgehead atoms. The van der Waals surface area contributed by atoms with Gasteiger partial charge in [0.1, 0.15) is 17.6 Å². The predicted molar refractivity (Wildman–Crippen MR) is 136 cm³/mol. The fourth-order valence-electron chi connectivity index (χ4n) is 4.74. The van der Waals surface area contributed by atoms with Crippen molar-refractivity contribution in [2.45, 2.75) is 25.3 Å². The summed E-state index contributed by atoms with van der Waals surface area (Å²) in [6, 6.07) is 15.7. The fraction of sp³-hybridized carbons (Fsp3) is 0.400. The second-order valence-electron chi connectivity index (χ2n) is 8.63. The molecule has 5 rings (SSSR count). The van der Waals surface area contributed by atoms with E-state index < -0.39 is 0 Å². The molecule has 0 spiro atoms. The number of carbonyl (C=O) groups excluding carboxylic acids is 1. The van der Waals surface area contributed by atoms with Crippen LogP contribution < -0.4 is 14.5 Å². The number of methoxy groups -OCH3 is 1. The summed E-state index contributed by atoms with van der Waals surface area (Å²) >= 11 is 7.37. The molecule has 0 aliphatic carbocycles. The number of benzene rings is 2. The quantitative estimate of drug-likeness (QED) is 0.511. The summed E-state index contributed by atoms with van der Waals surface area (Å²) in [5.74, 6) is 1.85. The summed E-state index contributed by atoms with van der Waals surface area (Å²) < 4.78 is 10.1. The summed E-state index contributed by atoms with van der Waals surface area (Å²) in [5, 5.41) is 1.56. The Kier molecular flexibility index (Phi) is 6.87. The summed E-state index contributed by atoms with van der Waals surface area (Å²) in [4.78, 5) is 24.7. The highest BCUT2D eigenvalue weighted by Gasteiger charge is 2.36. The average Bonchev–Trinajstić information content (AvgIpc) is 3.55. The van der Waals surface area contributed by atoms with E-state index in [2.05, 4.69) is 20.2 Å². The van der Waals surface area contributed by atoms with Crippen molar-refractivity contribution in [3.05, 3.63) is 64.9 Å². The molecule has 178 valence electrons. The Morgan fingerprint density at radius 2 is 1.85 bits per heavy atom. The molecule has 2 aliphatic rings. The van der Waals surface area contributed by atoms with Gasteiger partial charge in [0, 0.05) is 55.7 Å². The minimum absolute atomic E-state index is 0.158. The zero-order valence-electron chi connectivity index (χ0n) is 19.2. The van der Waals surface area contributed by atoms with E-state index in [1.54, 1.807) is 7.11 Å². The Balaban J connectivity index is 1.22. The van der Waals surface area contributed by atoms with E-state index in [-0.39, 0.29) is 11.9 Å². The van der Waals surface area contributed by atoms with Gasteiger partial charge in [-0.05, 0) is 42.7 Å². The molecule has 0 radical (unpaired) electrons. The molecule has 3 aromatic rings. The van der Waals surface area contributed by atoms with E-state index in [1.165, 1.54) is 11.5 Å². The molecular weight excluding hydrogens is 470 g/mol. The largest absolute Gasteiger partial charge is 0.495 e. The number of hydrogen-bond acceptors (Lipinski definition) is 7. The molecule has 1 unspecified atom stereocenters. The summed E-state index contributed by atoms with van der Waals surface area (Å²) in [5.41, 5.74) is 2.21. The number of rotatable bonds is 6. The second-order valence-corrected chi connectivity index (χ2v) is 9.80. The summed E-state index contributed by atoms with van der Waals surface area (Å²) in [6.07, 6.45) is 2.51. The number of ether oxygens (including phenoxy) is 1. The Morgan fingerprint density at radius 1 is 1.09 bits per heavy atom. The SMILES string of the molecule is COc1ccccc1N1CCN(C(=O)C2CCCN2c2nc(Cc3ccc(Cl)cc3)ns2)CC1. The monoisotopic (exact) mass is 497 g/mol. The lowest BCUT2D eigenvalue weighted by molar-refractivity contribution is -0.132. The predicted octanol–water partition coefficient (Wildman–Crippen LogP) is 4.11. The maximum Gasteiger partial charge on any atom is 0.245 e. The van der Waals surface area contributed by atoms with Gasteiger partial charge >= 0.3 is 0 Å². The van der Waals surface area contributed by atoms with Crippen LogP contribution in [0.2, 0.25) is 5.02 Å². The Morgan fingerprint density at radius 3 is 2.62 bits per heavy atom. The normalized spacial score (nSPS) is 18.4. The zero-order chi connectivity index (χ0) is 23.5. The number of amides is 1. The van der Waals surface area contributed by atoms with Gasteiger partial charge in [0.05, 0.1) is 12.8 Å². The van der Waals surface area contributed by atoms with Crippen molar-refractivity contribution in [2.24, 2.45) is 0 Å². The van der Waals surface area contributed by atoms with E-state index in [4.69, 9.17) is 21.3 Å². The molecule has 9 heteroatoms. The molecule has 1 atom stereocenters. The van der Waals surface area contributed by atoms with Crippen LogP contribution in [0.15, 0.2) is 48.5 Å². The number of piperazine rings is 1. The van der Waals surface area contributed by atoms with E-state index in [0.29, 0.717) is 19.5 Å². The number of carbonyl (C=O) groups is 1. The number of halogens is 1. The molecular formula is C25H28ClN5O2S. The van der Waals surface area contributed by atoms with E-state index >= 15 is 0 Å². The lowest BCUT2D eigenvalue weighted by Crippen LogP contribution is -2.54. The van der Waals surface area contributed by atoms with E-state index in [0.717, 1.165) is 65.5 Å². The molecule has 3 heterocycles. The van der Waals surface area contributed by atoms with Crippen LogP contribution in [0.3, 0.4) is 0 Å². The van der Waals surface area contributed by atoms with Gasteiger partial charge in [0.15, 0.2) is 0 Å². The highest BCUT2D eigenvalue weighted by Crippen LogP contribution is 2.31. The van der Waals surface area contributed by atoms with Crippen molar-refractivity contribution in [1.29, 1.82) is 0 Å². The van der Waals surface area contributed by atoms with Gasteiger partial charge < -0.3 is 19.4 Å². The van der Waals surface area contributed by atoms with Crippen LogP contribution in [0.5, 0.6) is 5.75 Å². The molecule has 1 amide bonds. The third-order valence-corrected chi connectivity index (χ3v) is 7.58. The Labute approximate surface area is 209 Å². The van der Waals surface area contributed by atoms with Gasteiger partial charge in [-0.25, -0.2) is 4.98 Å². The molecule has 2 aromatic carbocycles. The average molecular weight is 498 g/mol. The topological polar surface area (TPSA) is 61.8 Å². The van der Waals surface area contributed by atoms with Crippen molar-refractivity contribution in [2.75, 3.05) is 49.6 Å². The highest BCUT2D eigenvalue weighted by atomic mass is 35.5. The van der Waals surface area contributed by atoms with Crippen molar-refractivity contribution in [3.63, 3.8) is 0 Å². The van der Waals surface area contributed by atoms with Gasteiger partial charge in [-0.1, -0.05) is 35.9 Å². The maximum absolute atomic E-state index is 13.5. The van der Waals surface area contributed by atoms with Crippen LogP contribution >= 0.6 is 23.1 Å². The molecule has 2 fully saturated rings. The van der Waals surface area contributed by atoms with Crippen LogP contribution in [0.25, 0.3) is 0 Å². The number of anilines is 2. The van der Waals surface area contributed by atoms with Gasteiger partial charge in [-0.3, -0.25) is 4.79 Å². The Bertz CT molecular complexity index is 1130. The number of nitrogens with zero attached hydrogens (tertiary/aromatic N) is 5. The number of para-hydroxylation sites is 2. The minimum Gasteiger partial charge on any atom is -0.495 e. The van der Waals surface area contributed by atoms with Gasteiger partial charge in [0.2, 0.25) is 11.0 Å².